The molecule has 2 aromatic carbocycles. The fourth-order valence-electron chi connectivity index (χ4n) is 3.36. The van der Waals surface area contributed by atoms with Gasteiger partial charge in [-0.25, -0.2) is 4.98 Å². The average Bonchev–Trinajstić information content (AvgIpc) is 3.16. The normalized spacial score (nSPS) is 12.9. The van der Waals surface area contributed by atoms with Gasteiger partial charge >= 0.3 is 0 Å². The fourth-order valence-corrected chi connectivity index (χ4v) is 4.36. The number of carbonyl (C=O) groups excluding carboxylic acids is 1. The first-order chi connectivity index (χ1) is 14.6. The van der Waals surface area contributed by atoms with Crippen molar-refractivity contribution >= 4 is 32.6 Å². The molecule has 1 aliphatic rings. The number of rotatable bonds is 7. The lowest BCUT2D eigenvalue weighted by Crippen LogP contribution is -2.33. The third kappa shape index (κ3) is 4.20. The summed E-state index contributed by atoms with van der Waals surface area (Å²) in [7, 11) is 5.62. The SMILES string of the molecule is COc1ccccc1C(=O)N(CCCN(C)C)c1nc2cc3c(cc2s1)OCCO3. The van der Waals surface area contributed by atoms with E-state index < -0.39 is 0 Å². The van der Waals surface area contributed by atoms with Crippen LogP contribution in [-0.2, 0) is 0 Å². The number of thiazole rings is 1. The van der Waals surface area contributed by atoms with Gasteiger partial charge in [0, 0.05) is 18.7 Å². The number of fused-ring (bicyclic) bond motifs is 2. The van der Waals surface area contributed by atoms with Crippen molar-refractivity contribution in [3.8, 4) is 17.2 Å². The van der Waals surface area contributed by atoms with Crippen LogP contribution in [-0.4, -0.2) is 63.3 Å². The Bertz CT molecular complexity index is 1010. The number of carbonyl (C=O) groups is 1. The minimum absolute atomic E-state index is 0.123. The maximum atomic E-state index is 13.5. The molecule has 0 unspecified atom stereocenters. The number of methoxy groups -OCH3 is 1. The summed E-state index contributed by atoms with van der Waals surface area (Å²) in [5.74, 6) is 1.85. The minimum Gasteiger partial charge on any atom is -0.496 e. The molecule has 3 aromatic rings. The number of benzene rings is 2. The molecule has 2 heterocycles. The predicted molar refractivity (Wildman–Crippen MR) is 118 cm³/mol. The maximum Gasteiger partial charge on any atom is 0.263 e. The largest absolute Gasteiger partial charge is 0.496 e. The summed E-state index contributed by atoms with van der Waals surface area (Å²) in [6.07, 6.45) is 0.826. The van der Waals surface area contributed by atoms with Gasteiger partial charge in [-0.05, 0) is 39.2 Å². The first-order valence-corrected chi connectivity index (χ1v) is 10.7. The Balaban J connectivity index is 1.70. The molecular formula is C22H25N3O4S. The van der Waals surface area contributed by atoms with E-state index in [0.717, 1.165) is 28.9 Å². The molecule has 4 rings (SSSR count). The van der Waals surface area contributed by atoms with Crippen LogP contribution in [0.3, 0.4) is 0 Å². The molecule has 0 saturated carbocycles. The molecule has 0 N–H and O–H groups in total. The number of hydrogen-bond acceptors (Lipinski definition) is 7. The quantitative estimate of drug-likeness (QED) is 0.573. The molecule has 7 nitrogen and oxygen atoms in total. The van der Waals surface area contributed by atoms with Crippen LogP contribution in [0.4, 0.5) is 5.13 Å². The first kappa shape index (κ1) is 20.4. The summed E-state index contributed by atoms with van der Waals surface area (Å²) in [6, 6.07) is 11.1. The maximum absolute atomic E-state index is 13.5. The summed E-state index contributed by atoms with van der Waals surface area (Å²) in [5.41, 5.74) is 1.32. The zero-order valence-corrected chi connectivity index (χ0v) is 18.2. The number of ether oxygens (including phenoxy) is 3. The number of amides is 1. The zero-order valence-electron chi connectivity index (χ0n) is 17.4. The molecule has 0 atom stereocenters. The standard InChI is InChI=1S/C22H25N3O4S/c1-24(2)9-6-10-25(21(26)15-7-4-5-8-17(15)27-3)22-23-16-13-18-19(14-20(16)30-22)29-12-11-28-18/h4-5,7-8,13-14H,6,9-12H2,1-3H3. The van der Waals surface area contributed by atoms with Crippen molar-refractivity contribution in [1.29, 1.82) is 0 Å². The highest BCUT2D eigenvalue weighted by Crippen LogP contribution is 2.39. The lowest BCUT2D eigenvalue weighted by molar-refractivity contribution is 0.0983. The molecule has 1 aliphatic heterocycles. The number of aromatic nitrogens is 1. The summed E-state index contributed by atoms with van der Waals surface area (Å²) in [5, 5.41) is 0.655. The molecule has 0 fully saturated rings. The molecule has 1 amide bonds. The molecule has 8 heteroatoms. The number of para-hydroxylation sites is 1. The topological polar surface area (TPSA) is 64.1 Å². The van der Waals surface area contributed by atoms with E-state index in [-0.39, 0.29) is 5.91 Å². The summed E-state index contributed by atoms with van der Waals surface area (Å²) < 4.78 is 17.7. The number of anilines is 1. The van der Waals surface area contributed by atoms with Crippen LogP contribution in [0.25, 0.3) is 10.2 Å². The first-order valence-electron chi connectivity index (χ1n) is 9.86. The van der Waals surface area contributed by atoms with E-state index in [2.05, 4.69) is 4.90 Å². The molecule has 30 heavy (non-hydrogen) atoms. The second-order valence-corrected chi connectivity index (χ2v) is 8.28. The van der Waals surface area contributed by atoms with Gasteiger partial charge in [0.15, 0.2) is 16.6 Å². The molecule has 0 radical (unpaired) electrons. The van der Waals surface area contributed by atoms with E-state index in [1.807, 2.05) is 38.4 Å². The van der Waals surface area contributed by atoms with Crippen LogP contribution >= 0.6 is 11.3 Å². The Kier molecular flexibility index (Phi) is 6.06. The van der Waals surface area contributed by atoms with E-state index in [0.29, 0.717) is 42.0 Å². The van der Waals surface area contributed by atoms with Gasteiger partial charge in [0.25, 0.3) is 5.91 Å². The summed E-state index contributed by atoms with van der Waals surface area (Å²) in [4.78, 5) is 22.1. The highest BCUT2D eigenvalue weighted by atomic mass is 32.1. The lowest BCUT2D eigenvalue weighted by Gasteiger charge is -2.22. The van der Waals surface area contributed by atoms with Crippen molar-refractivity contribution in [1.82, 2.24) is 9.88 Å². The summed E-state index contributed by atoms with van der Waals surface area (Å²) in [6.45, 7) is 2.49. The monoisotopic (exact) mass is 427 g/mol. The Morgan fingerprint density at radius 3 is 2.60 bits per heavy atom. The molecule has 158 valence electrons. The van der Waals surface area contributed by atoms with E-state index >= 15 is 0 Å². The Hall–Kier alpha value is -2.84. The van der Waals surface area contributed by atoms with Gasteiger partial charge in [0.1, 0.15) is 19.0 Å². The second-order valence-electron chi connectivity index (χ2n) is 7.27. The number of hydrogen-bond donors (Lipinski definition) is 0. The van der Waals surface area contributed by atoms with Crippen molar-refractivity contribution in [2.24, 2.45) is 0 Å². The van der Waals surface area contributed by atoms with Crippen molar-refractivity contribution in [3.63, 3.8) is 0 Å². The van der Waals surface area contributed by atoms with Crippen LogP contribution in [0.5, 0.6) is 17.2 Å². The summed E-state index contributed by atoms with van der Waals surface area (Å²) >= 11 is 1.48. The van der Waals surface area contributed by atoms with Crippen LogP contribution in [0.15, 0.2) is 36.4 Å². The third-order valence-electron chi connectivity index (χ3n) is 4.84. The van der Waals surface area contributed by atoms with Crippen molar-refractivity contribution in [2.75, 3.05) is 52.4 Å². The van der Waals surface area contributed by atoms with Gasteiger partial charge in [-0.1, -0.05) is 23.5 Å². The highest BCUT2D eigenvalue weighted by Gasteiger charge is 2.24. The van der Waals surface area contributed by atoms with Crippen molar-refractivity contribution in [3.05, 3.63) is 42.0 Å². The van der Waals surface area contributed by atoms with Crippen molar-refractivity contribution in [2.45, 2.75) is 6.42 Å². The highest BCUT2D eigenvalue weighted by molar-refractivity contribution is 7.22. The van der Waals surface area contributed by atoms with Gasteiger partial charge in [0.2, 0.25) is 0 Å². The lowest BCUT2D eigenvalue weighted by atomic mass is 10.1. The Morgan fingerprint density at radius 2 is 1.87 bits per heavy atom. The molecule has 0 aliphatic carbocycles. The van der Waals surface area contributed by atoms with Crippen LogP contribution in [0.2, 0.25) is 0 Å². The van der Waals surface area contributed by atoms with Gasteiger partial charge in [-0.15, -0.1) is 0 Å². The third-order valence-corrected chi connectivity index (χ3v) is 5.88. The van der Waals surface area contributed by atoms with Gasteiger partial charge in [-0.3, -0.25) is 9.69 Å². The van der Waals surface area contributed by atoms with Crippen molar-refractivity contribution < 1.29 is 19.0 Å². The Labute approximate surface area is 179 Å². The fraction of sp³-hybridized carbons (Fsp3) is 0.364. The van der Waals surface area contributed by atoms with Gasteiger partial charge in [-0.2, -0.15) is 0 Å². The van der Waals surface area contributed by atoms with Gasteiger partial charge < -0.3 is 19.1 Å². The Morgan fingerprint density at radius 1 is 1.13 bits per heavy atom. The van der Waals surface area contributed by atoms with Gasteiger partial charge in [0.05, 0.1) is 22.9 Å². The van der Waals surface area contributed by atoms with E-state index in [4.69, 9.17) is 19.2 Å². The zero-order chi connectivity index (χ0) is 21.1. The molecular weight excluding hydrogens is 402 g/mol. The smallest absolute Gasteiger partial charge is 0.263 e. The second kappa shape index (κ2) is 8.89. The van der Waals surface area contributed by atoms with E-state index in [1.165, 1.54) is 11.3 Å². The predicted octanol–water partition coefficient (Wildman–Crippen LogP) is 3.67. The minimum atomic E-state index is -0.123. The molecule has 0 saturated heterocycles. The van der Waals surface area contributed by atoms with Crippen LogP contribution < -0.4 is 19.1 Å². The molecule has 1 aromatic heterocycles. The van der Waals surface area contributed by atoms with E-state index in [9.17, 15) is 4.79 Å². The van der Waals surface area contributed by atoms with Crippen LogP contribution in [0, 0.1) is 0 Å². The average molecular weight is 428 g/mol. The van der Waals surface area contributed by atoms with E-state index in [1.54, 1.807) is 24.1 Å². The molecule has 0 bridgehead atoms. The van der Waals surface area contributed by atoms with Crippen LogP contribution in [0.1, 0.15) is 16.8 Å². The number of nitrogens with zero attached hydrogens (tertiary/aromatic N) is 3. The molecule has 0 spiro atoms.